The van der Waals surface area contributed by atoms with Gasteiger partial charge in [-0.25, -0.2) is 4.79 Å². The molecule has 0 unspecified atom stereocenters. The van der Waals surface area contributed by atoms with Crippen LogP contribution < -0.4 is 5.32 Å². The van der Waals surface area contributed by atoms with Crippen molar-refractivity contribution in [2.24, 2.45) is 0 Å². The first-order valence-electron chi connectivity index (χ1n) is 5.61. The topological polar surface area (TPSA) is 58.6 Å². The number of rotatable bonds is 2. The maximum absolute atomic E-state index is 11.7. The van der Waals surface area contributed by atoms with E-state index in [0.29, 0.717) is 6.54 Å². The van der Waals surface area contributed by atoms with Crippen molar-refractivity contribution in [2.45, 2.75) is 6.54 Å². The quantitative estimate of drug-likeness (QED) is 0.809. The lowest BCUT2D eigenvalue weighted by atomic mass is 10.2. The molecule has 0 saturated heterocycles. The van der Waals surface area contributed by atoms with Crippen molar-refractivity contribution in [3.05, 3.63) is 42.5 Å². The molecule has 94 valence electrons. The van der Waals surface area contributed by atoms with Crippen molar-refractivity contribution in [2.75, 3.05) is 18.5 Å². The number of carbonyl (C=O) groups excluding carboxylic acids is 2. The SMILES string of the molecule is C=CCOC(=O)N1CC(=O)Nc2ccccc2C1. The van der Waals surface area contributed by atoms with Gasteiger partial charge in [0.15, 0.2) is 0 Å². The minimum Gasteiger partial charge on any atom is -0.445 e. The lowest BCUT2D eigenvalue weighted by Gasteiger charge is -2.18. The highest BCUT2D eigenvalue weighted by molar-refractivity contribution is 5.95. The average molecular weight is 246 g/mol. The second-order valence-electron chi connectivity index (χ2n) is 3.93. The molecule has 5 nitrogen and oxygen atoms in total. The number of ether oxygens (including phenoxy) is 1. The fourth-order valence-electron chi connectivity index (χ4n) is 1.76. The van der Waals surface area contributed by atoms with Crippen LogP contribution in [0.25, 0.3) is 0 Å². The van der Waals surface area contributed by atoms with Gasteiger partial charge in [0.1, 0.15) is 13.2 Å². The van der Waals surface area contributed by atoms with Crippen molar-refractivity contribution in [1.29, 1.82) is 0 Å². The summed E-state index contributed by atoms with van der Waals surface area (Å²) in [5, 5.41) is 2.75. The first kappa shape index (κ1) is 12.2. The molecule has 0 aromatic heterocycles. The highest BCUT2D eigenvalue weighted by Gasteiger charge is 2.23. The molecule has 0 bridgehead atoms. The number of hydrogen-bond acceptors (Lipinski definition) is 3. The maximum Gasteiger partial charge on any atom is 0.410 e. The second-order valence-corrected chi connectivity index (χ2v) is 3.93. The van der Waals surface area contributed by atoms with Crippen molar-refractivity contribution >= 4 is 17.7 Å². The summed E-state index contributed by atoms with van der Waals surface area (Å²) in [5.74, 6) is -0.226. The van der Waals surface area contributed by atoms with E-state index in [1.165, 1.54) is 11.0 Å². The van der Waals surface area contributed by atoms with Gasteiger partial charge in [-0.1, -0.05) is 30.9 Å². The summed E-state index contributed by atoms with van der Waals surface area (Å²) < 4.78 is 4.94. The molecule has 1 heterocycles. The van der Waals surface area contributed by atoms with Crippen LogP contribution in [0.2, 0.25) is 0 Å². The summed E-state index contributed by atoms with van der Waals surface area (Å²) in [6.07, 6.45) is 0.978. The van der Waals surface area contributed by atoms with E-state index in [0.717, 1.165) is 11.3 Å². The van der Waals surface area contributed by atoms with Crippen LogP contribution in [0.3, 0.4) is 0 Å². The molecule has 0 saturated carbocycles. The molecule has 1 N–H and O–H groups in total. The first-order chi connectivity index (χ1) is 8.70. The van der Waals surface area contributed by atoms with Crippen LogP contribution in [0.4, 0.5) is 10.5 Å². The van der Waals surface area contributed by atoms with Gasteiger partial charge in [-0.2, -0.15) is 0 Å². The van der Waals surface area contributed by atoms with Crippen LogP contribution in [-0.2, 0) is 16.1 Å². The number of nitrogens with one attached hydrogen (secondary N) is 1. The van der Waals surface area contributed by atoms with Gasteiger partial charge in [-0.05, 0) is 11.6 Å². The van der Waals surface area contributed by atoms with Crippen molar-refractivity contribution in [3.8, 4) is 0 Å². The van der Waals surface area contributed by atoms with Crippen LogP contribution in [0, 0.1) is 0 Å². The molecular formula is C13H14N2O3. The van der Waals surface area contributed by atoms with Crippen LogP contribution >= 0.6 is 0 Å². The summed E-state index contributed by atoms with van der Waals surface area (Å²) in [6.45, 7) is 3.95. The predicted molar refractivity (Wildman–Crippen MR) is 67.0 cm³/mol. The highest BCUT2D eigenvalue weighted by atomic mass is 16.6. The summed E-state index contributed by atoms with van der Waals surface area (Å²) in [7, 11) is 0. The summed E-state index contributed by atoms with van der Waals surface area (Å²) >= 11 is 0. The fourth-order valence-corrected chi connectivity index (χ4v) is 1.76. The lowest BCUT2D eigenvalue weighted by molar-refractivity contribution is -0.117. The van der Waals surface area contributed by atoms with Gasteiger partial charge in [-0.3, -0.25) is 9.69 Å². The summed E-state index contributed by atoms with van der Waals surface area (Å²) in [5.41, 5.74) is 1.63. The molecule has 1 aromatic rings. The zero-order chi connectivity index (χ0) is 13.0. The molecule has 1 aliphatic heterocycles. The number of para-hydroxylation sites is 1. The molecule has 5 heteroatoms. The number of anilines is 1. The molecule has 2 amide bonds. The number of nitrogens with zero attached hydrogens (tertiary/aromatic N) is 1. The molecule has 0 spiro atoms. The molecule has 2 rings (SSSR count). The number of hydrogen-bond donors (Lipinski definition) is 1. The van der Waals surface area contributed by atoms with E-state index >= 15 is 0 Å². The standard InChI is InChI=1S/C13H14N2O3/c1-2-7-18-13(17)15-8-10-5-3-4-6-11(10)14-12(16)9-15/h2-6H,1,7-9H2,(H,14,16). The van der Waals surface area contributed by atoms with E-state index in [1.54, 1.807) is 0 Å². The van der Waals surface area contributed by atoms with Gasteiger partial charge in [0.25, 0.3) is 0 Å². The Balaban J connectivity index is 2.17. The monoisotopic (exact) mass is 246 g/mol. The van der Waals surface area contributed by atoms with Crippen LogP contribution in [-0.4, -0.2) is 30.1 Å². The second kappa shape index (κ2) is 5.35. The van der Waals surface area contributed by atoms with Crippen molar-refractivity contribution in [1.82, 2.24) is 4.90 Å². The zero-order valence-electron chi connectivity index (χ0n) is 9.89. The molecule has 1 aliphatic rings. The Morgan fingerprint density at radius 2 is 2.22 bits per heavy atom. The Morgan fingerprint density at radius 1 is 1.44 bits per heavy atom. The highest BCUT2D eigenvalue weighted by Crippen LogP contribution is 2.20. The number of amides is 2. The fraction of sp³-hybridized carbons (Fsp3) is 0.231. The van der Waals surface area contributed by atoms with Crippen molar-refractivity contribution in [3.63, 3.8) is 0 Å². The largest absolute Gasteiger partial charge is 0.445 e. The predicted octanol–water partition coefficient (Wildman–Crippen LogP) is 1.76. The molecule has 0 atom stereocenters. The van der Waals surface area contributed by atoms with E-state index in [2.05, 4.69) is 11.9 Å². The molecule has 0 radical (unpaired) electrons. The van der Waals surface area contributed by atoms with Gasteiger partial charge < -0.3 is 10.1 Å². The van der Waals surface area contributed by atoms with Gasteiger partial charge in [-0.15, -0.1) is 0 Å². The van der Waals surface area contributed by atoms with E-state index < -0.39 is 6.09 Å². The van der Waals surface area contributed by atoms with Crippen LogP contribution in [0.15, 0.2) is 36.9 Å². The van der Waals surface area contributed by atoms with Crippen molar-refractivity contribution < 1.29 is 14.3 Å². The van der Waals surface area contributed by atoms with Crippen LogP contribution in [0.5, 0.6) is 0 Å². The third-order valence-electron chi connectivity index (χ3n) is 2.57. The van der Waals surface area contributed by atoms with E-state index in [-0.39, 0.29) is 19.1 Å². The van der Waals surface area contributed by atoms with Gasteiger partial charge in [0.2, 0.25) is 5.91 Å². The van der Waals surface area contributed by atoms with E-state index in [9.17, 15) is 9.59 Å². The normalized spacial score (nSPS) is 14.2. The maximum atomic E-state index is 11.7. The Morgan fingerprint density at radius 3 is 3.00 bits per heavy atom. The van der Waals surface area contributed by atoms with Gasteiger partial charge >= 0.3 is 6.09 Å². The third kappa shape index (κ3) is 2.68. The molecule has 0 fully saturated rings. The van der Waals surface area contributed by atoms with E-state index in [4.69, 9.17) is 4.74 Å². The number of fused-ring (bicyclic) bond motifs is 1. The molecule has 0 aliphatic carbocycles. The summed E-state index contributed by atoms with van der Waals surface area (Å²) in [4.78, 5) is 24.8. The number of carbonyl (C=O) groups is 2. The Bertz CT molecular complexity index is 485. The Labute approximate surface area is 105 Å². The molecule has 18 heavy (non-hydrogen) atoms. The van der Waals surface area contributed by atoms with Gasteiger partial charge in [0, 0.05) is 5.69 Å². The smallest absolute Gasteiger partial charge is 0.410 e. The minimum absolute atomic E-state index is 0.00927. The third-order valence-corrected chi connectivity index (χ3v) is 2.57. The summed E-state index contributed by atoms with van der Waals surface area (Å²) in [6, 6.07) is 7.38. The Kier molecular flexibility index (Phi) is 3.62. The van der Waals surface area contributed by atoms with Gasteiger partial charge in [0.05, 0.1) is 6.54 Å². The lowest BCUT2D eigenvalue weighted by Crippen LogP contribution is -2.35. The Hall–Kier alpha value is -2.30. The molecular weight excluding hydrogens is 232 g/mol. The molecule has 1 aromatic carbocycles. The average Bonchev–Trinajstić information content (AvgIpc) is 2.53. The zero-order valence-corrected chi connectivity index (χ0v) is 9.89. The van der Waals surface area contributed by atoms with Crippen LogP contribution in [0.1, 0.15) is 5.56 Å². The minimum atomic E-state index is -0.512. The number of benzene rings is 1. The van der Waals surface area contributed by atoms with E-state index in [1.807, 2.05) is 24.3 Å². The first-order valence-corrected chi connectivity index (χ1v) is 5.61.